The topological polar surface area (TPSA) is 67.1 Å². The Morgan fingerprint density at radius 1 is 1.14 bits per heavy atom. The van der Waals surface area contributed by atoms with Gasteiger partial charge in [-0.25, -0.2) is 23.7 Å². The van der Waals surface area contributed by atoms with Gasteiger partial charge in [0.05, 0.1) is 6.54 Å². The fourth-order valence-electron chi connectivity index (χ4n) is 2.64. The first-order chi connectivity index (χ1) is 13.6. The van der Waals surface area contributed by atoms with Crippen LogP contribution in [-0.4, -0.2) is 27.0 Å². The molecule has 9 heteroatoms. The van der Waals surface area contributed by atoms with Crippen molar-refractivity contribution in [2.24, 2.45) is 4.99 Å². The third-order valence-corrected chi connectivity index (χ3v) is 4.10. The predicted molar refractivity (Wildman–Crippen MR) is 120 cm³/mol. The molecule has 0 radical (unpaired) electrons. The first kappa shape index (κ1) is 22.7. The van der Waals surface area contributed by atoms with Crippen LogP contribution in [0.25, 0.3) is 5.82 Å². The van der Waals surface area contributed by atoms with E-state index in [2.05, 4.69) is 25.6 Å². The predicted octanol–water partition coefficient (Wildman–Crippen LogP) is 3.73. The highest BCUT2D eigenvalue weighted by molar-refractivity contribution is 14.0. The van der Waals surface area contributed by atoms with E-state index < -0.39 is 11.6 Å². The maximum absolute atomic E-state index is 13.8. The van der Waals surface area contributed by atoms with E-state index in [9.17, 15) is 8.78 Å². The Morgan fingerprint density at radius 3 is 2.62 bits per heavy atom. The average molecular weight is 512 g/mol. The van der Waals surface area contributed by atoms with Gasteiger partial charge in [0.25, 0.3) is 0 Å². The van der Waals surface area contributed by atoms with E-state index in [0.717, 1.165) is 29.3 Å². The van der Waals surface area contributed by atoms with Crippen molar-refractivity contribution < 1.29 is 8.78 Å². The van der Waals surface area contributed by atoms with Crippen LogP contribution in [0.4, 0.5) is 8.78 Å². The summed E-state index contributed by atoms with van der Waals surface area (Å²) in [5.74, 6) is 1.23. The molecule has 0 saturated carbocycles. The van der Waals surface area contributed by atoms with Gasteiger partial charge in [-0.2, -0.15) is 0 Å². The van der Waals surface area contributed by atoms with Crippen molar-refractivity contribution in [2.75, 3.05) is 6.54 Å². The van der Waals surface area contributed by atoms with Crippen LogP contribution in [0, 0.1) is 18.6 Å². The second kappa shape index (κ2) is 10.8. The zero-order chi connectivity index (χ0) is 19.9. The quantitative estimate of drug-likeness (QED) is 0.300. The standard InChI is InChI=1S/C20H22F2N6.HI/c1-3-23-20(27-13-16-10-17(21)5-6-18(16)22)26-12-15-4-7-19(25-11-15)28-9-8-24-14(28)2;/h4-11H,3,12-13H2,1-2H3,(H2,23,26,27);1H. The molecule has 0 bridgehead atoms. The first-order valence-electron chi connectivity index (χ1n) is 8.98. The van der Waals surface area contributed by atoms with Gasteiger partial charge in [0.1, 0.15) is 23.3 Å². The lowest BCUT2D eigenvalue weighted by Crippen LogP contribution is -2.37. The van der Waals surface area contributed by atoms with Crippen molar-refractivity contribution in [3.05, 3.63) is 77.5 Å². The summed E-state index contributed by atoms with van der Waals surface area (Å²) in [6.45, 7) is 5.03. The van der Waals surface area contributed by atoms with Gasteiger partial charge in [-0.3, -0.25) is 4.57 Å². The zero-order valence-electron chi connectivity index (χ0n) is 16.2. The van der Waals surface area contributed by atoms with E-state index in [1.165, 1.54) is 6.07 Å². The summed E-state index contributed by atoms with van der Waals surface area (Å²) >= 11 is 0. The minimum absolute atomic E-state index is 0. The number of hydrogen-bond acceptors (Lipinski definition) is 3. The molecule has 0 aliphatic heterocycles. The number of nitrogens with one attached hydrogen (secondary N) is 2. The zero-order valence-corrected chi connectivity index (χ0v) is 18.5. The smallest absolute Gasteiger partial charge is 0.191 e. The molecule has 2 N–H and O–H groups in total. The molecular formula is C20H23F2IN6. The lowest BCUT2D eigenvalue weighted by atomic mass is 10.2. The van der Waals surface area contributed by atoms with E-state index in [1.54, 1.807) is 12.4 Å². The molecule has 0 amide bonds. The van der Waals surface area contributed by atoms with Gasteiger partial charge in [0.2, 0.25) is 0 Å². The fourth-order valence-corrected chi connectivity index (χ4v) is 2.64. The molecule has 154 valence electrons. The third kappa shape index (κ3) is 6.21. The van der Waals surface area contributed by atoms with Crippen molar-refractivity contribution in [3.8, 4) is 5.82 Å². The summed E-state index contributed by atoms with van der Waals surface area (Å²) in [5.41, 5.74) is 1.17. The van der Waals surface area contributed by atoms with Gasteiger partial charge in [-0.1, -0.05) is 6.07 Å². The molecule has 0 atom stereocenters. The fraction of sp³-hybridized carbons (Fsp3) is 0.250. The monoisotopic (exact) mass is 512 g/mol. The van der Waals surface area contributed by atoms with E-state index in [1.807, 2.05) is 36.7 Å². The molecule has 0 aliphatic carbocycles. The van der Waals surface area contributed by atoms with Crippen molar-refractivity contribution in [2.45, 2.75) is 26.9 Å². The molecule has 6 nitrogen and oxygen atoms in total. The van der Waals surface area contributed by atoms with Crippen LogP contribution in [0.5, 0.6) is 0 Å². The Bertz CT molecular complexity index is 956. The van der Waals surface area contributed by atoms with Gasteiger partial charge < -0.3 is 10.6 Å². The number of aromatic nitrogens is 3. The summed E-state index contributed by atoms with van der Waals surface area (Å²) in [5, 5.41) is 6.10. The Balaban J connectivity index is 0.00000300. The third-order valence-electron chi connectivity index (χ3n) is 4.10. The van der Waals surface area contributed by atoms with Gasteiger partial charge in [0, 0.05) is 37.2 Å². The molecule has 0 fully saturated rings. The summed E-state index contributed by atoms with van der Waals surface area (Å²) in [7, 11) is 0. The van der Waals surface area contributed by atoms with Crippen LogP contribution in [0.1, 0.15) is 23.9 Å². The normalized spacial score (nSPS) is 11.1. The number of nitrogens with zero attached hydrogens (tertiary/aromatic N) is 4. The molecule has 2 heterocycles. The molecule has 3 rings (SSSR count). The second-order valence-corrected chi connectivity index (χ2v) is 6.15. The Labute approximate surface area is 185 Å². The van der Waals surface area contributed by atoms with Crippen LogP contribution >= 0.6 is 24.0 Å². The van der Waals surface area contributed by atoms with Crippen LogP contribution in [0.3, 0.4) is 0 Å². The highest BCUT2D eigenvalue weighted by Gasteiger charge is 2.06. The first-order valence-corrected chi connectivity index (χ1v) is 8.98. The van der Waals surface area contributed by atoms with E-state index >= 15 is 0 Å². The highest BCUT2D eigenvalue weighted by atomic mass is 127. The Hall–Kier alpha value is -2.56. The molecule has 3 aromatic rings. The van der Waals surface area contributed by atoms with Gasteiger partial charge >= 0.3 is 0 Å². The van der Waals surface area contributed by atoms with E-state index in [4.69, 9.17) is 0 Å². The number of hydrogen-bond donors (Lipinski definition) is 2. The molecule has 0 saturated heterocycles. The molecular weight excluding hydrogens is 489 g/mol. The van der Waals surface area contributed by atoms with Crippen LogP contribution in [0.2, 0.25) is 0 Å². The van der Waals surface area contributed by atoms with Gasteiger partial charge in [0.15, 0.2) is 5.96 Å². The van der Waals surface area contributed by atoms with Crippen LogP contribution in [-0.2, 0) is 13.1 Å². The SMILES string of the molecule is CCNC(=NCc1ccc(-n2ccnc2C)nc1)NCc1cc(F)ccc1F.I. The molecule has 0 aliphatic rings. The maximum atomic E-state index is 13.8. The molecule has 1 aromatic carbocycles. The molecule has 2 aromatic heterocycles. The van der Waals surface area contributed by atoms with Crippen LogP contribution < -0.4 is 10.6 Å². The van der Waals surface area contributed by atoms with E-state index in [0.29, 0.717) is 19.0 Å². The number of aliphatic imine (C=N–C) groups is 1. The minimum Gasteiger partial charge on any atom is -0.357 e. The summed E-state index contributed by atoms with van der Waals surface area (Å²) in [6.07, 6.45) is 5.34. The summed E-state index contributed by atoms with van der Waals surface area (Å²) < 4.78 is 28.9. The number of imidazole rings is 1. The van der Waals surface area contributed by atoms with Gasteiger partial charge in [-0.05, 0) is 43.7 Å². The number of pyridine rings is 1. The number of halogens is 3. The average Bonchev–Trinajstić information content (AvgIpc) is 3.13. The Morgan fingerprint density at radius 2 is 1.97 bits per heavy atom. The van der Waals surface area contributed by atoms with Gasteiger partial charge in [-0.15, -0.1) is 24.0 Å². The van der Waals surface area contributed by atoms with Crippen molar-refractivity contribution in [3.63, 3.8) is 0 Å². The molecule has 29 heavy (non-hydrogen) atoms. The summed E-state index contributed by atoms with van der Waals surface area (Å²) in [4.78, 5) is 13.1. The number of benzene rings is 1. The summed E-state index contributed by atoms with van der Waals surface area (Å²) in [6, 6.07) is 7.24. The van der Waals surface area contributed by atoms with Crippen LogP contribution in [0.15, 0.2) is 53.9 Å². The number of aryl methyl sites for hydroxylation is 1. The molecule has 0 spiro atoms. The van der Waals surface area contributed by atoms with Crippen molar-refractivity contribution in [1.82, 2.24) is 25.2 Å². The molecule has 0 unspecified atom stereocenters. The maximum Gasteiger partial charge on any atom is 0.191 e. The largest absolute Gasteiger partial charge is 0.357 e. The second-order valence-electron chi connectivity index (χ2n) is 6.15. The van der Waals surface area contributed by atoms with Crippen molar-refractivity contribution in [1.29, 1.82) is 0 Å². The minimum atomic E-state index is -0.473. The highest BCUT2D eigenvalue weighted by Crippen LogP contribution is 2.10. The number of guanidine groups is 1. The Kier molecular flexibility index (Phi) is 8.50. The lowest BCUT2D eigenvalue weighted by molar-refractivity contribution is 0.581. The van der Waals surface area contributed by atoms with E-state index in [-0.39, 0.29) is 36.1 Å². The lowest BCUT2D eigenvalue weighted by Gasteiger charge is -2.12. The van der Waals surface area contributed by atoms with Crippen molar-refractivity contribution >= 4 is 29.9 Å². The number of rotatable bonds is 6.